The van der Waals surface area contributed by atoms with Crippen LogP contribution in [0.4, 0.5) is 0 Å². The van der Waals surface area contributed by atoms with Crippen LogP contribution >= 0.6 is 0 Å². The first-order valence-electron chi connectivity index (χ1n) is 4.72. The maximum atomic E-state index is 5.87. The largest absolute Gasteiger partial charge is 0.494 e. The molecule has 2 radical (unpaired) electrons. The number of hydrogen-bond acceptors (Lipinski definition) is 1. The van der Waals surface area contributed by atoms with E-state index in [2.05, 4.69) is 0 Å². The number of fused-ring (bicyclic) bond motifs is 1. The minimum absolute atomic E-state index is 0.679. The van der Waals surface area contributed by atoms with Gasteiger partial charge in [0.2, 0.25) is 0 Å². The van der Waals surface area contributed by atoms with Gasteiger partial charge in [-0.1, -0.05) is 24.3 Å². The SMILES string of the molecule is [CH]c1cccc2ccc(OCC)cc12. The smallest absolute Gasteiger partial charge is 0.119 e. The maximum absolute atomic E-state index is 5.87. The fraction of sp³-hybridized carbons (Fsp3) is 0.154. The van der Waals surface area contributed by atoms with Crippen molar-refractivity contribution >= 4 is 10.8 Å². The van der Waals surface area contributed by atoms with Crippen molar-refractivity contribution in [3.63, 3.8) is 0 Å². The second kappa shape index (κ2) is 3.70. The van der Waals surface area contributed by atoms with Gasteiger partial charge in [0.1, 0.15) is 5.75 Å². The van der Waals surface area contributed by atoms with Crippen LogP contribution in [0.25, 0.3) is 10.8 Å². The summed E-state index contributed by atoms with van der Waals surface area (Å²) in [5.74, 6) is 0.873. The highest BCUT2D eigenvalue weighted by atomic mass is 16.5. The Morgan fingerprint density at radius 1 is 1.21 bits per heavy atom. The van der Waals surface area contributed by atoms with Crippen molar-refractivity contribution in [3.05, 3.63) is 48.9 Å². The molecule has 2 aromatic rings. The Morgan fingerprint density at radius 2 is 2.07 bits per heavy atom. The van der Waals surface area contributed by atoms with Gasteiger partial charge < -0.3 is 4.74 Å². The molecule has 1 nitrogen and oxygen atoms in total. The maximum Gasteiger partial charge on any atom is 0.119 e. The van der Waals surface area contributed by atoms with Crippen LogP contribution in [0.15, 0.2) is 36.4 Å². The lowest BCUT2D eigenvalue weighted by molar-refractivity contribution is 0.341. The van der Waals surface area contributed by atoms with Gasteiger partial charge in [-0.3, -0.25) is 0 Å². The van der Waals surface area contributed by atoms with Gasteiger partial charge in [0.05, 0.1) is 6.61 Å². The molecule has 0 aromatic heterocycles. The summed E-state index contributed by atoms with van der Waals surface area (Å²) in [6, 6.07) is 11.9. The fourth-order valence-corrected chi connectivity index (χ4v) is 1.53. The lowest BCUT2D eigenvalue weighted by Crippen LogP contribution is -1.91. The zero-order valence-electron chi connectivity index (χ0n) is 8.16. The summed E-state index contributed by atoms with van der Waals surface area (Å²) in [5, 5.41) is 2.20. The van der Waals surface area contributed by atoms with Crippen molar-refractivity contribution < 1.29 is 4.74 Å². The van der Waals surface area contributed by atoms with E-state index in [9.17, 15) is 0 Å². The minimum Gasteiger partial charge on any atom is -0.494 e. The highest BCUT2D eigenvalue weighted by Crippen LogP contribution is 2.23. The van der Waals surface area contributed by atoms with Gasteiger partial charge in [-0.15, -0.1) is 0 Å². The van der Waals surface area contributed by atoms with Crippen molar-refractivity contribution in [2.24, 2.45) is 0 Å². The van der Waals surface area contributed by atoms with Crippen LogP contribution in [-0.2, 0) is 0 Å². The fourth-order valence-electron chi connectivity index (χ4n) is 1.53. The van der Waals surface area contributed by atoms with E-state index in [1.54, 1.807) is 0 Å². The van der Waals surface area contributed by atoms with Crippen molar-refractivity contribution in [1.82, 2.24) is 0 Å². The lowest BCUT2D eigenvalue weighted by Gasteiger charge is -2.06. The van der Waals surface area contributed by atoms with Gasteiger partial charge in [0, 0.05) is 0 Å². The molecule has 0 fully saturated rings. The van der Waals surface area contributed by atoms with Crippen LogP contribution in [-0.4, -0.2) is 6.61 Å². The monoisotopic (exact) mass is 184 g/mol. The number of rotatable bonds is 2. The Kier molecular flexibility index (Phi) is 2.40. The van der Waals surface area contributed by atoms with Crippen LogP contribution in [0.3, 0.4) is 0 Å². The molecule has 1 heteroatoms. The summed E-state index contributed by atoms with van der Waals surface area (Å²) in [7, 11) is 0. The van der Waals surface area contributed by atoms with Crippen LogP contribution < -0.4 is 4.74 Å². The molecule has 70 valence electrons. The van der Waals surface area contributed by atoms with Crippen LogP contribution in [0, 0.1) is 6.92 Å². The lowest BCUT2D eigenvalue weighted by atomic mass is 10.1. The minimum atomic E-state index is 0.679. The van der Waals surface area contributed by atoms with E-state index in [-0.39, 0.29) is 0 Å². The Labute approximate surface area is 84.3 Å². The average molecular weight is 184 g/mol. The number of hydrogen-bond donors (Lipinski definition) is 0. The first-order valence-corrected chi connectivity index (χ1v) is 4.72. The zero-order valence-corrected chi connectivity index (χ0v) is 8.16. The third-order valence-electron chi connectivity index (χ3n) is 2.20. The molecule has 0 aliphatic carbocycles. The molecule has 0 saturated heterocycles. The number of ether oxygens (including phenoxy) is 1. The second-order valence-electron chi connectivity index (χ2n) is 3.16. The number of benzene rings is 2. The van der Waals surface area contributed by atoms with E-state index in [1.165, 1.54) is 0 Å². The zero-order chi connectivity index (χ0) is 9.97. The van der Waals surface area contributed by atoms with E-state index < -0.39 is 0 Å². The molecule has 2 aromatic carbocycles. The molecule has 0 aliphatic rings. The molecular formula is C13H12O. The van der Waals surface area contributed by atoms with E-state index in [4.69, 9.17) is 11.7 Å². The van der Waals surface area contributed by atoms with E-state index in [0.29, 0.717) is 6.61 Å². The van der Waals surface area contributed by atoms with Crippen molar-refractivity contribution in [3.8, 4) is 5.75 Å². The van der Waals surface area contributed by atoms with E-state index in [1.807, 2.05) is 43.3 Å². The third kappa shape index (κ3) is 1.58. The van der Waals surface area contributed by atoms with Crippen LogP contribution in [0.1, 0.15) is 12.5 Å². The molecule has 0 aliphatic heterocycles. The van der Waals surface area contributed by atoms with Gasteiger partial charge in [0.25, 0.3) is 0 Å². The highest BCUT2D eigenvalue weighted by Gasteiger charge is 1.98. The van der Waals surface area contributed by atoms with Gasteiger partial charge in [-0.2, -0.15) is 0 Å². The van der Waals surface area contributed by atoms with Crippen LogP contribution in [0.2, 0.25) is 0 Å². The quantitative estimate of drug-likeness (QED) is 0.695. The summed E-state index contributed by atoms with van der Waals surface area (Å²) < 4.78 is 5.41. The predicted octanol–water partition coefficient (Wildman–Crippen LogP) is 3.30. The average Bonchev–Trinajstić information content (AvgIpc) is 2.20. The van der Waals surface area contributed by atoms with Crippen molar-refractivity contribution in [1.29, 1.82) is 0 Å². The van der Waals surface area contributed by atoms with Crippen LogP contribution in [0.5, 0.6) is 5.75 Å². The third-order valence-corrected chi connectivity index (χ3v) is 2.20. The second-order valence-corrected chi connectivity index (χ2v) is 3.16. The molecular weight excluding hydrogens is 172 g/mol. The van der Waals surface area contributed by atoms with Crippen molar-refractivity contribution in [2.75, 3.05) is 6.61 Å². The van der Waals surface area contributed by atoms with Gasteiger partial charge in [-0.25, -0.2) is 0 Å². The summed E-state index contributed by atoms with van der Waals surface area (Å²) in [4.78, 5) is 0. The predicted molar refractivity (Wildman–Crippen MR) is 58.5 cm³/mol. The summed E-state index contributed by atoms with van der Waals surface area (Å²) in [5.41, 5.74) is 0.795. The first kappa shape index (κ1) is 9.07. The normalized spacial score (nSPS) is 10.4. The standard InChI is InChI=1S/C13H12O/c1-3-14-12-8-7-11-6-4-5-10(2)13(11)9-12/h2,4-9H,3H2,1H3. The Hall–Kier alpha value is -1.50. The molecule has 0 amide bonds. The topological polar surface area (TPSA) is 9.23 Å². The Bertz CT molecular complexity index is 446. The molecule has 0 atom stereocenters. The molecule has 2 rings (SSSR count). The Morgan fingerprint density at radius 3 is 2.86 bits per heavy atom. The van der Waals surface area contributed by atoms with Gasteiger partial charge in [-0.05, 0) is 42.3 Å². The highest BCUT2D eigenvalue weighted by molar-refractivity contribution is 5.87. The van der Waals surface area contributed by atoms with E-state index >= 15 is 0 Å². The summed E-state index contributed by atoms with van der Waals surface area (Å²) in [6.07, 6.45) is 0. The van der Waals surface area contributed by atoms with Crippen molar-refractivity contribution in [2.45, 2.75) is 6.92 Å². The summed E-state index contributed by atoms with van der Waals surface area (Å²) >= 11 is 0. The first-order chi connectivity index (χ1) is 6.81. The molecule has 0 unspecified atom stereocenters. The molecule has 0 N–H and O–H groups in total. The van der Waals surface area contributed by atoms with E-state index in [0.717, 1.165) is 22.1 Å². The molecule has 0 bridgehead atoms. The Balaban J connectivity index is 2.58. The van der Waals surface area contributed by atoms with Gasteiger partial charge in [0.15, 0.2) is 0 Å². The molecule has 14 heavy (non-hydrogen) atoms. The molecule has 0 heterocycles. The summed E-state index contributed by atoms with van der Waals surface area (Å²) in [6.45, 7) is 8.52. The van der Waals surface area contributed by atoms with Gasteiger partial charge >= 0.3 is 0 Å². The molecule has 0 spiro atoms. The molecule has 0 saturated carbocycles.